The molecule has 16 heavy (non-hydrogen) atoms. The Morgan fingerprint density at radius 3 is 2.81 bits per heavy atom. The van der Waals surface area contributed by atoms with E-state index in [4.69, 9.17) is 15.2 Å². The molecule has 0 aliphatic carbocycles. The standard InChI is InChI=1S/C10H14FN3O2/c1-15-10-9(11)7(12)6-8(13-10)14-2-4-16-5-3-14/h6H,2-5H2,1H3,(H2,12,13). The molecule has 1 aromatic heterocycles. The monoisotopic (exact) mass is 227 g/mol. The minimum absolute atomic E-state index is 0.0494. The van der Waals surface area contributed by atoms with Crippen LogP contribution in [0, 0.1) is 5.82 Å². The van der Waals surface area contributed by atoms with Crippen LogP contribution in [0.5, 0.6) is 5.88 Å². The number of ether oxygens (including phenoxy) is 2. The maximum atomic E-state index is 13.4. The Morgan fingerprint density at radius 2 is 2.19 bits per heavy atom. The Hall–Kier alpha value is -1.56. The van der Waals surface area contributed by atoms with Crippen molar-refractivity contribution in [1.29, 1.82) is 0 Å². The third-order valence-electron chi connectivity index (χ3n) is 2.47. The Balaban J connectivity index is 2.29. The van der Waals surface area contributed by atoms with Crippen LogP contribution in [0.25, 0.3) is 0 Å². The van der Waals surface area contributed by atoms with Crippen molar-refractivity contribution in [3.63, 3.8) is 0 Å². The lowest BCUT2D eigenvalue weighted by atomic mass is 10.3. The predicted octanol–water partition coefficient (Wildman–Crippen LogP) is 0.648. The minimum Gasteiger partial charge on any atom is -0.479 e. The Bertz CT molecular complexity index is 381. The average molecular weight is 227 g/mol. The second-order valence-electron chi connectivity index (χ2n) is 3.49. The highest BCUT2D eigenvalue weighted by molar-refractivity contribution is 5.55. The molecule has 0 aromatic carbocycles. The molecule has 0 spiro atoms. The summed E-state index contributed by atoms with van der Waals surface area (Å²) in [5, 5.41) is 0. The molecule has 1 fully saturated rings. The zero-order valence-electron chi connectivity index (χ0n) is 9.07. The van der Waals surface area contributed by atoms with Crippen molar-refractivity contribution in [2.75, 3.05) is 44.0 Å². The van der Waals surface area contributed by atoms with E-state index in [2.05, 4.69) is 4.98 Å². The van der Waals surface area contributed by atoms with E-state index in [1.54, 1.807) is 0 Å². The first-order valence-electron chi connectivity index (χ1n) is 5.05. The largest absolute Gasteiger partial charge is 0.479 e. The third kappa shape index (κ3) is 2.01. The van der Waals surface area contributed by atoms with Crippen molar-refractivity contribution in [3.8, 4) is 5.88 Å². The summed E-state index contributed by atoms with van der Waals surface area (Å²) in [6, 6.07) is 1.52. The molecule has 6 heteroatoms. The van der Waals surface area contributed by atoms with Crippen molar-refractivity contribution < 1.29 is 13.9 Å². The smallest absolute Gasteiger partial charge is 0.254 e. The number of aromatic nitrogens is 1. The summed E-state index contributed by atoms with van der Waals surface area (Å²) in [4.78, 5) is 6.06. The molecule has 0 amide bonds. The van der Waals surface area contributed by atoms with E-state index in [0.717, 1.165) is 13.1 Å². The third-order valence-corrected chi connectivity index (χ3v) is 2.47. The summed E-state index contributed by atoms with van der Waals surface area (Å²) in [5.41, 5.74) is 5.60. The van der Waals surface area contributed by atoms with Gasteiger partial charge < -0.3 is 20.1 Å². The van der Waals surface area contributed by atoms with Crippen LogP contribution in [0.2, 0.25) is 0 Å². The number of hydrogen-bond acceptors (Lipinski definition) is 5. The van der Waals surface area contributed by atoms with E-state index in [0.29, 0.717) is 19.0 Å². The van der Waals surface area contributed by atoms with Gasteiger partial charge in [0.1, 0.15) is 5.82 Å². The van der Waals surface area contributed by atoms with Crippen molar-refractivity contribution in [2.45, 2.75) is 0 Å². The highest BCUT2D eigenvalue weighted by Crippen LogP contribution is 2.25. The lowest BCUT2D eigenvalue weighted by molar-refractivity contribution is 0.122. The first-order chi connectivity index (χ1) is 7.72. The number of pyridine rings is 1. The molecule has 5 nitrogen and oxygen atoms in total. The summed E-state index contributed by atoms with van der Waals surface area (Å²) in [6.45, 7) is 2.73. The Morgan fingerprint density at radius 1 is 1.50 bits per heavy atom. The summed E-state index contributed by atoms with van der Waals surface area (Å²) in [6.07, 6.45) is 0. The minimum atomic E-state index is -0.612. The van der Waals surface area contributed by atoms with Gasteiger partial charge in [-0.25, -0.2) is 0 Å². The highest BCUT2D eigenvalue weighted by atomic mass is 19.1. The van der Waals surface area contributed by atoms with Crippen LogP contribution in [-0.2, 0) is 4.74 Å². The van der Waals surface area contributed by atoms with Gasteiger partial charge in [-0.1, -0.05) is 0 Å². The number of hydrogen-bond donors (Lipinski definition) is 1. The van der Waals surface area contributed by atoms with Crippen LogP contribution in [0.3, 0.4) is 0 Å². The van der Waals surface area contributed by atoms with Gasteiger partial charge in [0.15, 0.2) is 0 Å². The number of morpholine rings is 1. The Labute approximate surface area is 93.0 Å². The van der Waals surface area contributed by atoms with Gasteiger partial charge >= 0.3 is 0 Å². The number of rotatable bonds is 2. The van der Waals surface area contributed by atoms with E-state index in [9.17, 15) is 4.39 Å². The summed E-state index contributed by atoms with van der Waals surface area (Å²) in [7, 11) is 1.37. The Kier molecular flexibility index (Phi) is 3.09. The van der Waals surface area contributed by atoms with Gasteiger partial charge in [-0.3, -0.25) is 0 Å². The topological polar surface area (TPSA) is 60.6 Å². The van der Waals surface area contributed by atoms with Crippen molar-refractivity contribution in [2.24, 2.45) is 0 Å². The van der Waals surface area contributed by atoms with E-state index in [-0.39, 0.29) is 11.6 Å². The molecule has 0 bridgehead atoms. The van der Waals surface area contributed by atoms with Gasteiger partial charge in [0.25, 0.3) is 5.88 Å². The number of nitrogens with zero attached hydrogens (tertiary/aromatic N) is 2. The van der Waals surface area contributed by atoms with Crippen LogP contribution in [0.4, 0.5) is 15.9 Å². The first-order valence-corrected chi connectivity index (χ1v) is 5.05. The normalized spacial score (nSPS) is 16.2. The molecule has 1 aliphatic heterocycles. The molecule has 0 saturated carbocycles. The van der Waals surface area contributed by atoms with E-state index < -0.39 is 5.82 Å². The van der Waals surface area contributed by atoms with Crippen LogP contribution in [-0.4, -0.2) is 38.4 Å². The summed E-state index contributed by atoms with van der Waals surface area (Å²) < 4.78 is 23.5. The van der Waals surface area contributed by atoms with Gasteiger partial charge in [0.2, 0.25) is 5.82 Å². The van der Waals surface area contributed by atoms with Crippen molar-refractivity contribution >= 4 is 11.5 Å². The highest BCUT2D eigenvalue weighted by Gasteiger charge is 2.17. The molecule has 2 N–H and O–H groups in total. The molecule has 88 valence electrons. The van der Waals surface area contributed by atoms with Gasteiger partial charge in [0.05, 0.1) is 26.0 Å². The molecule has 2 heterocycles. The van der Waals surface area contributed by atoms with E-state index in [1.165, 1.54) is 13.2 Å². The molecule has 0 unspecified atom stereocenters. The number of nitrogens with two attached hydrogens (primary N) is 1. The molecule has 0 atom stereocenters. The van der Waals surface area contributed by atoms with Crippen molar-refractivity contribution in [3.05, 3.63) is 11.9 Å². The van der Waals surface area contributed by atoms with Gasteiger partial charge in [-0.05, 0) is 0 Å². The summed E-state index contributed by atoms with van der Waals surface area (Å²) in [5.74, 6) is -0.0555. The SMILES string of the molecule is COc1nc(N2CCOCC2)cc(N)c1F. The summed E-state index contributed by atoms with van der Waals surface area (Å²) >= 11 is 0. The van der Waals surface area contributed by atoms with Crippen molar-refractivity contribution in [1.82, 2.24) is 4.98 Å². The molecule has 2 rings (SSSR count). The second-order valence-corrected chi connectivity index (χ2v) is 3.49. The van der Waals surface area contributed by atoms with Crippen LogP contribution < -0.4 is 15.4 Å². The number of anilines is 2. The van der Waals surface area contributed by atoms with E-state index >= 15 is 0 Å². The van der Waals surface area contributed by atoms with Crippen LogP contribution in [0.15, 0.2) is 6.07 Å². The van der Waals surface area contributed by atoms with Gasteiger partial charge in [-0.15, -0.1) is 0 Å². The zero-order valence-corrected chi connectivity index (χ0v) is 9.07. The maximum absolute atomic E-state index is 13.4. The molecule has 1 saturated heterocycles. The fraction of sp³-hybridized carbons (Fsp3) is 0.500. The van der Waals surface area contributed by atoms with Gasteiger partial charge in [0, 0.05) is 19.2 Å². The molecule has 0 radical (unpaired) electrons. The molecular formula is C10H14FN3O2. The average Bonchev–Trinajstić information content (AvgIpc) is 2.33. The fourth-order valence-electron chi connectivity index (χ4n) is 1.60. The quantitative estimate of drug-likeness (QED) is 0.803. The van der Waals surface area contributed by atoms with Gasteiger partial charge in [-0.2, -0.15) is 9.37 Å². The molecule has 1 aliphatic rings. The van der Waals surface area contributed by atoms with Crippen LogP contribution >= 0.6 is 0 Å². The number of nitrogen functional groups attached to an aromatic ring is 1. The lowest BCUT2D eigenvalue weighted by Crippen LogP contribution is -2.36. The van der Waals surface area contributed by atoms with E-state index in [1.807, 2.05) is 4.90 Å². The lowest BCUT2D eigenvalue weighted by Gasteiger charge is -2.28. The number of halogens is 1. The molecular weight excluding hydrogens is 213 g/mol. The number of methoxy groups -OCH3 is 1. The predicted molar refractivity (Wildman–Crippen MR) is 58.2 cm³/mol. The first kappa shape index (κ1) is 10.9. The van der Waals surface area contributed by atoms with Crippen LogP contribution in [0.1, 0.15) is 0 Å². The fourth-order valence-corrected chi connectivity index (χ4v) is 1.60. The zero-order chi connectivity index (χ0) is 11.5. The maximum Gasteiger partial charge on any atom is 0.254 e. The second kappa shape index (κ2) is 4.52. The molecule has 1 aromatic rings.